The second kappa shape index (κ2) is 4.35. The summed E-state index contributed by atoms with van der Waals surface area (Å²) in [7, 11) is 0. The van der Waals surface area contributed by atoms with Crippen LogP contribution in [0.3, 0.4) is 0 Å². The van der Waals surface area contributed by atoms with E-state index >= 15 is 0 Å². The summed E-state index contributed by atoms with van der Waals surface area (Å²) in [6, 6.07) is 6.10. The van der Waals surface area contributed by atoms with Gasteiger partial charge in [-0.2, -0.15) is 0 Å². The van der Waals surface area contributed by atoms with Gasteiger partial charge >= 0.3 is 0 Å². The van der Waals surface area contributed by atoms with Crippen LogP contribution in [0.15, 0.2) is 22.8 Å². The number of hydrogen-bond donors (Lipinski definition) is 0. The van der Waals surface area contributed by atoms with Gasteiger partial charge in [-0.15, -0.1) is 0 Å². The first-order chi connectivity index (χ1) is 7.65. The van der Waals surface area contributed by atoms with E-state index in [2.05, 4.69) is 21.0 Å². The number of benzene rings is 1. The second-order valence-corrected chi connectivity index (χ2v) is 3.91. The Balaban J connectivity index is 2.07. The SMILES string of the molecule is Cc1cc(C)cc(OCc2nonc2C)c1. The van der Waals surface area contributed by atoms with Crippen molar-refractivity contribution in [2.75, 3.05) is 0 Å². The van der Waals surface area contributed by atoms with Crippen LogP contribution in [0.5, 0.6) is 5.75 Å². The van der Waals surface area contributed by atoms with Gasteiger partial charge in [0.1, 0.15) is 23.7 Å². The van der Waals surface area contributed by atoms with E-state index in [1.54, 1.807) is 0 Å². The zero-order chi connectivity index (χ0) is 11.5. The van der Waals surface area contributed by atoms with E-state index in [1.807, 2.05) is 32.9 Å². The summed E-state index contributed by atoms with van der Waals surface area (Å²) in [4.78, 5) is 0. The Bertz CT molecular complexity index is 471. The third-order valence-electron chi connectivity index (χ3n) is 2.32. The quantitative estimate of drug-likeness (QED) is 0.794. The van der Waals surface area contributed by atoms with E-state index in [1.165, 1.54) is 11.1 Å². The Morgan fingerprint density at radius 3 is 2.31 bits per heavy atom. The number of aryl methyl sites for hydroxylation is 3. The van der Waals surface area contributed by atoms with Gasteiger partial charge < -0.3 is 4.74 Å². The van der Waals surface area contributed by atoms with E-state index in [4.69, 9.17) is 4.74 Å². The maximum Gasteiger partial charge on any atom is 0.145 e. The Hall–Kier alpha value is -1.84. The van der Waals surface area contributed by atoms with Crippen molar-refractivity contribution in [1.29, 1.82) is 0 Å². The Morgan fingerprint density at radius 1 is 1.06 bits per heavy atom. The molecule has 0 radical (unpaired) electrons. The molecule has 4 nitrogen and oxygen atoms in total. The third kappa shape index (κ3) is 2.39. The maximum atomic E-state index is 5.63. The van der Waals surface area contributed by atoms with Crippen molar-refractivity contribution in [1.82, 2.24) is 10.3 Å². The van der Waals surface area contributed by atoms with Gasteiger partial charge in [-0.25, -0.2) is 4.63 Å². The minimum absolute atomic E-state index is 0.387. The molecule has 2 rings (SSSR count). The van der Waals surface area contributed by atoms with Crippen LogP contribution < -0.4 is 4.74 Å². The Labute approximate surface area is 94.2 Å². The summed E-state index contributed by atoms with van der Waals surface area (Å²) >= 11 is 0. The van der Waals surface area contributed by atoms with E-state index in [0.717, 1.165) is 17.1 Å². The molecule has 0 amide bonds. The van der Waals surface area contributed by atoms with Gasteiger partial charge in [0.2, 0.25) is 0 Å². The summed E-state index contributed by atoms with van der Waals surface area (Å²) in [5.74, 6) is 0.847. The molecule has 4 heteroatoms. The van der Waals surface area contributed by atoms with Crippen molar-refractivity contribution >= 4 is 0 Å². The molecule has 84 valence electrons. The lowest BCUT2D eigenvalue weighted by Gasteiger charge is -2.06. The average molecular weight is 218 g/mol. The third-order valence-corrected chi connectivity index (χ3v) is 2.32. The molecule has 0 atom stereocenters. The lowest BCUT2D eigenvalue weighted by Crippen LogP contribution is -1.98. The number of aromatic nitrogens is 2. The molecule has 0 saturated heterocycles. The molecule has 0 aliphatic carbocycles. The minimum atomic E-state index is 0.387. The molecule has 1 heterocycles. The Kier molecular flexibility index (Phi) is 2.90. The normalized spacial score (nSPS) is 10.4. The molecule has 0 unspecified atom stereocenters. The van der Waals surface area contributed by atoms with Gasteiger partial charge in [-0.05, 0) is 44.0 Å². The standard InChI is InChI=1S/C12H14N2O2/c1-8-4-9(2)6-11(5-8)15-7-12-10(3)13-16-14-12/h4-6H,7H2,1-3H3. The van der Waals surface area contributed by atoms with Gasteiger partial charge in [0.05, 0.1) is 0 Å². The topological polar surface area (TPSA) is 48.2 Å². The summed E-state index contributed by atoms with van der Waals surface area (Å²) in [6.07, 6.45) is 0. The summed E-state index contributed by atoms with van der Waals surface area (Å²) < 4.78 is 10.2. The van der Waals surface area contributed by atoms with Crippen molar-refractivity contribution in [2.45, 2.75) is 27.4 Å². The van der Waals surface area contributed by atoms with Gasteiger partial charge in [-0.1, -0.05) is 16.4 Å². The molecule has 1 aromatic heterocycles. The second-order valence-electron chi connectivity index (χ2n) is 3.91. The van der Waals surface area contributed by atoms with Crippen molar-refractivity contribution in [2.24, 2.45) is 0 Å². The lowest BCUT2D eigenvalue weighted by atomic mass is 10.1. The van der Waals surface area contributed by atoms with Gasteiger partial charge in [0, 0.05) is 0 Å². The smallest absolute Gasteiger partial charge is 0.145 e. The summed E-state index contributed by atoms with van der Waals surface area (Å²) in [6.45, 7) is 6.32. The molecule has 1 aromatic carbocycles. The highest BCUT2D eigenvalue weighted by Crippen LogP contribution is 2.17. The van der Waals surface area contributed by atoms with Gasteiger partial charge in [0.25, 0.3) is 0 Å². The number of ether oxygens (including phenoxy) is 1. The van der Waals surface area contributed by atoms with Crippen LogP contribution in [-0.4, -0.2) is 10.3 Å². The first-order valence-electron chi connectivity index (χ1n) is 5.14. The fourth-order valence-electron chi connectivity index (χ4n) is 1.55. The zero-order valence-corrected chi connectivity index (χ0v) is 9.65. The van der Waals surface area contributed by atoms with E-state index in [0.29, 0.717) is 6.61 Å². The Morgan fingerprint density at radius 2 is 1.75 bits per heavy atom. The van der Waals surface area contributed by atoms with E-state index in [-0.39, 0.29) is 0 Å². The minimum Gasteiger partial charge on any atom is -0.487 e. The molecule has 0 aliphatic rings. The van der Waals surface area contributed by atoms with Crippen molar-refractivity contribution in [3.8, 4) is 5.75 Å². The molecular formula is C12H14N2O2. The van der Waals surface area contributed by atoms with Crippen LogP contribution >= 0.6 is 0 Å². The number of hydrogen-bond acceptors (Lipinski definition) is 4. The van der Waals surface area contributed by atoms with E-state index < -0.39 is 0 Å². The summed E-state index contributed by atoms with van der Waals surface area (Å²) in [5, 5.41) is 7.46. The van der Waals surface area contributed by atoms with E-state index in [9.17, 15) is 0 Å². The molecule has 16 heavy (non-hydrogen) atoms. The van der Waals surface area contributed by atoms with Crippen LogP contribution in [0, 0.1) is 20.8 Å². The van der Waals surface area contributed by atoms with Crippen LogP contribution in [0.25, 0.3) is 0 Å². The number of nitrogens with zero attached hydrogens (tertiary/aromatic N) is 2. The predicted molar refractivity (Wildman–Crippen MR) is 59.3 cm³/mol. The highest BCUT2D eigenvalue weighted by atomic mass is 16.6. The number of rotatable bonds is 3. The molecule has 0 N–H and O–H groups in total. The molecule has 0 spiro atoms. The maximum absolute atomic E-state index is 5.63. The highest BCUT2D eigenvalue weighted by Gasteiger charge is 2.06. The van der Waals surface area contributed by atoms with Crippen molar-refractivity contribution < 1.29 is 9.37 Å². The van der Waals surface area contributed by atoms with Gasteiger partial charge in [-0.3, -0.25) is 0 Å². The van der Waals surface area contributed by atoms with Crippen LogP contribution in [-0.2, 0) is 6.61 Å². The monoisotopic (exact) mass is 218 g/mol. The molecule has 0 aliphatic heterocycles. The summed E-state index contributed by atoms with van der Waals surface area (Å²) in [5.41, 5.74) is 3.87. The van der Waals surface area contributed by atoms with Gasteiger partial charge in [0.15, 0.2) is 0 Å². The first-order valence-corrected chi connectivity index (χ1v) is 5.14. The van der Waals surface area contributed by atoms with Crippen LogP contribution in [0.1, 0.15) is 22.5 Å². The zero-order valence-electron chi connectivity index (χ0n) is 9.65. The molecular weight excluding hydrogens is 204 g/mol. The highest BCUT2D eigenvalue weighted by molar-refractivity contribution is 5.33. The fourth-order valence-corrected chi connectivity index (χ4v) is 1.55. The van der Waals surface area contributed by atoms with Crippen LogP contribution in [0.4, 0.5) is 0 Å². The van der Waals surface area contributed by atoms with Crippen molar-refractivity contribution in [3.63, 3.8) is 0 Å². The molecule has 0 saturated carbocycles. The predicted octanol–water partition coefficient (Wildman–Crippen LogP) is 2.57. The molecule has 0 bridgehead atoms. The van der Waals surface area contributed by atoms with Crippen molar-refractivity contribution in [3.05, 3.63) is 40.7 Å². The lowest BCUT2D eigenvalue weighted by molar-refractivity contribution is 0.270. The fraction of sp³-hybridized carbons (Fsp3) is 0.333. The average Bonchev–Trinajstić information content (AvgIpc) is 2.59. The molecule has 2 aromatic rings. The largest absolute Gasteiger partial charge is 0.487 e. The van der Waals surface area contributed by atoms with Crippen LogP contribution in [0.2, 0.25) is 0 Å². The first kappa shape index (κ1) is 10.7. The molecule has 0 fully saturated rings.